The Labute approximate surface area is 128 Å². The smallest absolute Gasteiger partial charge is 0.105 e. The standard InChI is InChI=1S/C15H26N4.ClH/c1-13-17-7-9-18(13)10-14-4-3-8-19(14)12-15(2)5-6-16-11-15;/h7,9,14,16H,3-6,8,10-12H2,1-2H3;1H. The number of likely N-dealkylation sites (tertiary alicyclic amines) is 1. The van der Waals surface area contributed by atoms with Gasteiger partial charge in [0, 0.05) is 38.1 Å². The van der Waals surface area contributed by atoms with Crippen LogP contribution < -0.4 is 5.32 Å². The zero-order valence-corrected chi connectivity index (χ0v) is 13.5. The highest BCUT2D eigenvalue weighted by Gasteiger charge is 2.35. The van der Waals surface area contributed by atoms with Crippen LogP contribution in [-0.4, -0.2) is 46.7 Å². The van der Waals surface area contributed by atoms with E-state index in [1.807, 2.05) is 6.20 Å². The number of hydrogen-bond donors (Lipinski definition) is 1. The van der Waals surface area contributed by atoms with Crippen LogP contribution in [0.15, 0.2) is 12.4 Å². The van der Waals surface area contributed by atoms with Crippen LogP contribution in [0.2, 0.25) is 0 Å². The number of hydrogen-bond acceptors (Lipinski definition) is 3. The molecule has 0 aromatic carbocycles. The van der Waals surface area contributed by atoms with Gasteiger partial charge in [-0.25, -0.2) is 4.98 Å². The van der Waals surface area contributed by atoms with Crippen molar-refractivity contribution in [3.63, 3.8) is 0 Å². The second-order valence-corrected chi connectivity index (χ2v) is 6.63. The number of halogens is 1. The molecule has 2 fully saturated rings. The van der Waals surface area contributed by atoms with Crippen LogP contribution in [0.25, 0.3) is 0 Å². The molecule has 1 aromatic rings. The summed E-state index contributed by atoms with van der Waals surface area (Å²) in [5, 5.41) is 3.51. The molecule has 1 aromatic heterocycles. The van der Waals surface area contributed by atoms with E-state index in [-0.39, 0.29) is 12.4 Å². The maximum absolute atomic E-state index is 4.34. The van der Waals surface area contributed by atoms with Crippen molar-refractivity contribution in [1.82, 2.24) is 19.8 Å². The molecule has 5 heteroatoms. The fourth-order valence-corrected chi connectivity index (χ4v) is 3.63. The van der Waals surface area contributed by atoms with Gasteiger partial charge in [0.25, 0.3) is 0 Å². The van der Waals surface area contributed by atoms with Gasteiger partial charge >= 0.3 is 0 Å². The van der Waals surface area contributed by atoms with E-state index in [0.29, 0.717) is 11.5 Å². The Morgan fingerprint density at radius 1 is 1.50 bits per heavy atom. The second-order valence-electron chi connectivity index (χ2n) is 6.63. The van der Waals surface area contributed by atoms with Gasteiger partial charge in [0.15, 0.2) is 0 Å². The Kier molecular flexibility index (Phi) is 5.10. The average molecular weight is 299 g/mol. The molecular formula is C15H27ClN4. The highest BCUT2D eigenvalue weighted by Crippen LogP contribution is 2.30. The van der Waals surface area contributed by atoms with E-state index < -0.39 is 0 Å². The molecule has 2 unspecified atom stereocenters. The molecule has 114 valence electrons. The lowest BCUT2D eigenvalue weighted by atomic mass is 9.89. The fourth-order valence-electron chi connectivity index (χ4n) is 3.63. The minimum atomic E-state index is 0. The average Bonchev–Trinajstić information content (AvgIpc) is 3.06. The van der Waals surface area contributed by atoms with E-state index >= 15 is 0 Å². The third-order valence-electron chi connectivity index (χ3n) is 4.87. The lowest BCUT2D eigenvalue weighted by Crippen LogP contribution is -2.41. The van der Waals surface area contributed by atoms with Gasteiger partial charge in [-0.05, 0) is 44.7 Å². The lowest BCUT2D eigenvalue weighted by Gasteiger charge is -2.33. The largest absolute Gasteiger partial charge is 0.334 e. The molecule has 2 atom stereocenters. The molecule has 2 aliphatic heterocycles. The van der Waals surface area contributed by atoms with Crippen LogP contribution in [0.5, 0.6) is 0 Å². The number of aryl methyl sites for hydroxylation is 1. The lowest BCUT2D eigenvalue weighted by molar-refractivity contribution is 0.154. The third kappa shape index (κ3) is 3.35. The van der Waals surface area contributed by atoms with Crippen molar-refractivity contribution < 1.29 is 0 Å². The van der Waals surface area contributed by atoms with Gasteiger partial charge in [-0.15, -0.1) is 12.4 Å². The van der Waals surface area contributed by atoms with Crippen LogP contribution in [0.4, 0.5) is 0 Å². The van der Waals surface area contributed by atoms with Crippen LogP contribution >= 0.6 is 12.4 Å². The minimum absolute atomic E-state index is 0. The maximum atomic E-state index is 4.34. The van der Waals surface area contributed by atoms with Crippen LogP contribution in [-0.2, 0) is 6.54 Å². The van der Waals surface area contributed by atoms with Gasteiger partial charge in [-0.3, -0.25) is 4.90 Å². The molecule has 0 aliphatic carbocycles. The quantitative estimate of drug-likeness (QED) is 0.924. The van der Waals surface area contributed by atoms with E-state index in [2.05, 4.69) is 39.8 Å². The van der Waals surface area contributed by atoms with Crippen molar-refractivity contribution in [3.8, 4) is 0 Å². The molecule has 0 bridgehead atoms. The Balaban J connectivity index is 0.00000147. The highest BCUT2D eigenvalue weighted by molar-refractivity contribution is 5.85. The topological polar surface area (TPSA) is 33.1 Å². The van der Waals surface area contributed by atoms with Crippen molar-refractivity contribution in [1.29, 1.82) is 0 Å². The molecule has 2 aliphatic rings. The fraction of sp³-hybridized carbons (Fsp3) is 0.800. The first-order valence-electron chi connectivity index (χ1n) is 7.59. The summed E-state index contributed by atoms with van der Waals surface area (Å²) in [4.78, 5) is 7.05. The molecule has 1 N–H and O–H groups in total. The van der Waals surface area contributed by atoms with Crippen LogP contribution in [0, 0.1) is 12.3 Å². The van der Waals surface area contributed by atoms with Gasteiger partial charge < -0.3 is 9.88 Å². The van der Waals surface area contributed by atoms with E-state index in [1.54, 1.807) is 0 Å². The van der Waals surface area contributed by atoms with Crippen LogP contribution in [0.1, 0.15) is 32.0 Å². The monoisotopic (exact) mass is 298 g/mol. The SMILES string of the molecule is Cc1nccn1CC1CCCN1CC1(C)CCNC1.Cl. The van der Waals surface area contributed by atoms with E-state index in [9.17, 15) is 0 Å². The number of nitrogens with zero attached hydrogens (tertiary/aromatic N) is 3. The van der Waals surface area contributed by atoms with Crippen LogP contribution in [0.3, 0.4) is 0 Å². The maximum Gasteiger partial charge on any atom is 0.105 e. The predicted octanol–water partition coefficient (Wildman–Crippen LogP) is 2.08. The Bertz CT molecular complexity index is 425. The van der Waals surface area contributed by atoms with E-state index in [4.69, 9.17) is 0 Å². The molecule has 0 spiro atoms. The molecule has 4 nitrogen and oxygen atoms in total. The van der Waals surface area contributed by atoms with E-state index in [0.717, 1.165) is 12.4 Å². The molecular weight excluding hydrogens is 272 g/mol. The first-order chi connectivity index (χ1) is 9.16. The summed E-state index contributed by atoms with van der Waals surface area (Å²) in [5.41, 5.74) is 0.479. The van der Waals surface area contributed by atoms with Gasteiger partial charge in [-0.2, -0.15) is 0 Å². The van der Waals surface area contributed by atoms with Crippen molar-refractivity contribution in [2.75, 3.05) is 26.2 Å². The first kappa shape index (κ1) is 15.8. The normalized spacial score (nSPS) is 30.6. The number of rotatable bonds is 4. The summed E-state index contributed by atoms with van der Waals surface area (Å²) >= 11 is 0. The molecule has 20 heavy (non-hydrogen) atoms. The summed E-state index contributed by atoms with van der Waals surface area (Å²) in [6, 6.07) is 0.699. The molecule has 0 amide bonds. The molecule has 2 saturated heterocycles. The zero-order chi connectivity index (χ0) is 13.3. The van der Waals surface area contributed by atoms with Crippen molar-refractivity contribution in [3.05, 3.63) is 18.2 Å². The summed E-state index contributed by atoms with van der Waals surface area (Å²) in [6.45, 7) is 10.5. The third-order valence-corrected chi connectivity index (χ3v) is 4.87. The summed E-state index contributed by atoms with van der Waals surface area (Å²) < 4.78 is 2.30. The Hall–Kier alpha value is -0.580. The molecule has 3 rings (SSSR count). The second kappa shape index (κ2) is 6.46. The molecule has 3 heterocycles. The summed E-state index contributed by atoms with van der Waals surface area (Å²) in [7, 11) is 0. The number of imidazole rings is 1. The first-order valence-corrected chi connectivity index (χ1v) is 7.59. The van der Waals surface area contributed by atoms with Crippen molar-refractivity contribution >= 4 is 12.4 Å². The minimum Gasteiger partial charge on any atom is -0.334 e. The Morgan fingerprint density at radius 2 is 2.35 bits per heavy atom. The summed E-state index contributed by atoms with van der Waals surface area (Å²) in [6.07, 6.45) is 8.03. The molecule has 0 radical (unpaired) electrons. The Morgan fingerprint density at radius 3 is 3.00 bits per heavy atom. The predicted molar refractivity (Wildman–Crippen MR) is 84.4 cm³/mol. The van der Waals surface area contributed by atoms with Crippen molar-refractivity contribution in [2.24, 2.45) is 5.41 Å². The van der Waals surface area contributed by atoms with Gasteiger partial charge in [-0.1, -0.05) is 6.92 Å². The van der Waals surface area contributed by atoms with Gasteiger partial charge in [0.05, 0.1) is 0 Å². The summed E-state index contributed by atoms with van der Waals surface area (Å²) in [5.74, 6) is 1.14. The van der Waals surface area contributed by atoms with Crippen molar-refractivity contribution in [2.45, 2.75) is 45.7 Å². The number of aromatic nitrogens is 2. The highest BCUT2D eigenvalue weighted by atomic mass is 35.5. The number of nitrogens with one attached hydrogen (secondary N) is 1. The van der Waals surface area contributed by atoms with E-state index in [1.165, 1.54) is 45.4 Å². The van der Waals surface area contributed by atoms with Gasteiger partial charge in [0.1, 0.15) is 5.82 Å². The van der Waals surface area contributed by atoms with Gasteiger partial charge in [0.2, 0.25) is 0 Å². The molecule has 0 saturated carbocycles. The zero-order valence-electron chi connectivity index (χ0n) is 12.6.